The van der Waals surface area contributed by atoms with Gasteiger partial charge in [-0.2, -0.15) is 0 Å². The Balaban J connectivity index is 1.43. The molecule has 1 saturated heterocycles. The van der Waals surface area contributed by atoms with Crippen LogP contribution in [0.15, 0.2) is 33.9 Å². The number of hydrogen-bond donors (Lipinski definition) is 1. The Labute approximate surface area is 143 Å². The average Bonchev–Trinajstić information content (AvgIpc) is 3.00. The largest absolute Gasteiger partial charge is 0.416 e. The lowest BCUT2D eigenvalue weighted by Gasteiger charge is -2.34. The van der Waals surface area contributed by atoms with Crippen molar-refractivity contribution in [3.8, 4) is 0 Å². The van der Waals surface area contributed by atoms with E-state index in [1.54, 1.807) is 19.1 Å². The highest BCUT2D eigenvalue weighted by atomic mass is 32.2. The molecule has 128 valence electrons. The Hall–Kier alpha value is -2.09. The minimum absolute atomic E-state index is 0.0554. The van der Waals surface area contributed by atoms with E-state index < -0.39 is 0 Å². The van der Waals surface area contributed by atoms with Gasteiger partial charge in [0.2, 0.25) is 11.8 Å². The average molecular weight is 350 g/mol. The minimum atomic E-state index is -0.203. The van der Waals surface area contributed by atoms with Gasteiger partial charge >= 0.3 is 0 Å². The number of para-hydroxylation sites is 1. The normalized spacial score (nSPS) is 15.5. The summed E-state index contributed by atoms with van der Waals surface area (Å²) in [5.74, 6) is 0.472. The number of rotatable bonds is 5. The zero-order valence-corrected chi connectivity index (χ0v) is 14.2. The number of anilines is 1. The number of amides is 1. The van der Waals surface area contributed by atoms with E-state index in [0.717, 1.165) is 25.9 Å². The van der Waals surface area contributed by atoms with Gasteiger partial charge in [-0.1, -0.05) is 23.9 Å². The van der Waals surface area contributed by atoms with Gasteiger partial charge in [0.1, 0.15) is 5.82 Å². The van der Waals surface area contributed by atoms with Gasteiger partial charge in [-0.15, -0.1) is 10.2 Å². The molecule has 3 rings (SSSR count). The van der Waals surface area contributed by atoms with Crippen LogP contribution in [0.4, 0.5) is 10.1 Å². The maximum Gasteiger partial charge on any atom is 0.277 e. The van der Waals surface area contributed by atoms with Crippen LogP contribution in [0.5, 0.6) is 0 Å². The Morgan fingerprint density at radius 3 is 2.79 bits per heavy atom. The molecule has 1 aromatic heterocycles. The number of halogens is 1. The van der Waals surface area contributed by atoms with Gasteiger partial charge < -0.3 is 14.6 Å². The summed E-state index contributed by atoms with van der Waals surface area (Å²) >= 11 is 1.22. The Bertz CT molecular complexity index is 701. The second-order valence-electron chi connectivity index (χ2n) is 5.66. The van der Waals surface area contributed by atoms with Crippen molar-refractivity contribution in [3.05, 3.63) is 36.0 Å². The number of carbonyl (C=O) groups is 1. The molecule has 0 spiro atoms. The van der Waals surface area contributed by atoms with E-state index in [-0.39, 0.29) is 23.5 Å². The van der Waals surface area contributed by atoms with Crippen molar-refractivity contribution in [1.29, 1.82) is 0 Å². The summed E-state index contributed by atoms with van der Waals surface area (Å²) in [4.78, 5) is 14.0. The monoisotopic (exact) mass is 350 g/mol. The molecule has 1 aromatic carbocycles. The van der Waals surface area contributed by atoms with Crippen molar-refractivity contribution in [1.82, 2.24) is 15.5 Å². The van der Waals surface area contributed by atoms with Crippen LogP contribution < -0.4 is 10.2 Å². The van der Waals surface area contributed by atoms with Crippen molar-refractivity contribution in [3.63, 3.8) is 0 Å². The second kappa shape index (κ2) is 7.65. The molecular weight excluding hydrogens is 331 g/mol. The highest BCUT2D eigenvalue weighted by Gasteiger charge is 2.22. The van der Waals surface area contributed by atoms with Crippen molar-refractivity contribution >= 4 is 23.4 Å². The van der Waals surface area contributed by atoms with Gasteiger partial charge in [-0.3, -0.25) is 4.79 Å². The molecule has 1 aliphatic heterocycles. The number of thioether (sulfide) groups is 1. The van der Waals surface area contributed by atoms with Crippen LogP contribution in [0.3, 0.4) is 0 Å². The first-order valence-electron chi connectivity index (χ1n) is 7.83. The van der Waals surface area contributed by atoms with Crippen LogP contribution in [0.25, 0.3) is 0 Å². The van der Waals surface area contributed by atoms with Gasteiger partial charge in [-0.05, 0) is 25.0 Å². The van der Waals surface area contributed by atoms with Gasteiger partial charge in [0.15, 0.2) is 0 Å². The number of carbonyl (C=O) groups excluding carboxylic acids is 1. The van der Waals surface area contributed by atoms with E-state index in [1.807, 2.05) is 11.0 Å². The van der Waals surface area contributed by atoms with Gasteiger partial charge in [0, 0.05) is 26.1 Å². The van der Waals surface area contributed by atoms with Crippen LogP contribution in [0, 0.1) is 12.7 Å². The summed E-state index contributed by atoms with van der Waals surface area (Å²) in [7, 11) is 0. The van der Waals surface area contributed by atoms with Crippen molar-refractivity contribution in [2.45, 2.75) is 31.0 Å². The number of aryl methyl sites for hydroxylation is 1. The number of hydrogen-bond acceptors (Lipinski definition) is 6. The molecule has 0 aliphatic carbocycles. The standard InChI is InChI=1S/C16H19FN4O2S/c1-11-19-20-16(23-11)24-10-15(22)18-12-6-8-21(9-7-12)14-5-3-2-4-13(14)17/h2-5,12H,6-10H2,1H3,(H,18,22). The van der Waals surface area contributed by atoms with Crippen LogP contribution in [-0.2, 0) is 4.79 Å². The SMILES string of the molecule is Cc1nnc(SCC(=O)NC2CCN(c3ccccc3F)CC2)o1. The lowest BCUT2D eigenvalue weighted by molar-refractivity contribution is -0.119. The van der Waals surface area contributed by atoms with E-state index in [1.165, 1.54) is 17.8 Å². The maximum atomic E-state index is 13.8. The zero-order chi connectivity index (χ0) is 16.9. The molecule has 2 aromatic rings. The van der Waals surface area contributed by atoms with Gasteiger partial charge in [0.05, 0.1) is 11.4 Å². The highest BCUT2D eigenvalue weighted by Crippen LogP contribution is 2.23. The van der Waals surface area contributed by atoms with E-state index >= 15 is 0 Å². The van der Waals surface area contributed by atoms with E-state index in [4.69, 9.17) is 4.42 Å². The molecule has 0 radical (unpaired) electrons. The molecule has 2 heterocycles. The number of benzene rings is 1. The Morgan fingerprint density at radius 1 is 1.38 bits per heavy atom. The molecule has 0 saturated carbocycles. The van der Waals surface area contributed by atoms with Crippen molar-refractivity contribution in [2.24, 2.45) is 0 Å². The molecule has 24 heavy (non-hydrogen) atoms. The molecule has 6 nitrogen and oxygen atoms in total. The third kappa shape index (κ3) is 4.25. The molecule has 0 atom stereocenters. The van der Waals surface area contributed by atoms with Gasteiger partial charge in [0.25, 0.3) is 5.22 Å². The highest BCUT2D eigenvalue weighted by molar-refractivity contribution is 7.99. The Morgan fingerprint density at radius 2 is 2.12 bits per heavy atom. The van der Waals surface area contributed by atoms with Crippen LogP contribution in [0.1, 0.15) is 18.7 Å². The molecule has 1 fully saturated rings. The number of nitrogens with zero attached hydrogens (tertiary/aromatic N) is 3. The molecular formula is C16H19FN4O2S. The summed E-state index contributed by atoms with van der Waals surface area (Å²) in [6.07, 6.45) is 1.59. The summed E-state index contributed by atoms with van der Waals surface area (Å²) in [6, 6.07) is 6.90. The van der Waals surface area contributed by atoms with Crippen LogP contribution in [0.2, 0.25) is 0 Å². The second-order valence-corrected chi connectivity index (χ2v) is 6.58. The van der Waals surface area contributed by atoms with E-state index in [2.05, 4.69) is 15.5 Å². The lowest BCUT2D eigenvalue weighted by Crippen LogP contribution is -2.45. The number of aromatic nitrogens is 2. The van der Waals surface area contributed by atoms with Crippen LogP contribution >= 0.6 is 11.8 Å². The summed E-state index contributed by atoms with van der Waals surface area (Å²) in [5, 5.41) is 11.0. The predicted octanol–water partition coefficient (Wildman–Crippen LogP) is 2.39. The first-order chi connectivity index (χ1) is 11.6. The van der Waals surface area contributed by atoms with E-state index in [0.29, 0.717) is 16.8 Å². The number of piperidine rings is 1. The fraction of sp³-hybridized carbons (Fsp3) is 0.438. The maximum absolute atomic E-state index is 13.8. The fourth-order valence-electron chi connectivity index (χ4n) is 2.71. The topological polar surface area (TPSA) is 71.3 Å². The molecule has 0 bridgehead atoms. The first kappa shape index (κ1) is 16.8. The predicted molar refractivity (Wildman–Crippen MR) is 89.5 cm³/mol. The quantitative estimate of drug-likeness (QED) is 0.835. The van der Waals surface area contributed by atoms with Crippen molar-refractivity contribution in [2.75, 3.05) is 23.7 Å². The first-order valence-corrected chi connectivity index (χ1v) is 8.82. The summed E-state index contributed by atoms with van der Waals surface area (Å²) in [6.45, 7) is 3.16. The Kier molecular flexibility index (Phi) is 5.34. The third-order valence-corrected chi connectivity index (χ3v) is 4.71. The third-order valence-electron chi connectivity index (χ3n) is 3.89. The number of nitrogens with one attached hydrogen (secondary N) is 1. The van der Waals surface area contributed by atoms with Crippen molar-refractivity contribution < 1.29 is 13.6 Å². The molecule has 8 heteroatoms. The summed E-state index contributed by atoms with van der Waals surface area (Å²) < 4.78 is 19.0. The molecule has 1 aliphatic rings. The van der Waals surface area contributed by atoms with Gasteiger partial charge in [-0.25, -0.2) is 4.39 Å². The smallest absolute Gasteiger partial charge is 0.277 e. The fourth-order valence-corrected chi connectivity index (χ4v) is 3.32. The van der Waals surface area contributed by atoms with E-state index in [9.17, 15) is 9.18 Å². The lowest BCUT2D eigenvalue weighted by atomic mass is 10.0. The molecule has 1 amide bonds. The molecule has 0 unspecified atom stereocenters. The molecule has 1 N–H and O–H groups in total. The minimum Gasteiger partial charge on any atom is -0.416 e. The zero-order valence-electron chi connectivity index (χ0n) is 13.4. The summed E-state index contributed by atoms with van der Waals surface area (Å²) in [5.41, 5.74) is 0.629. The van der Waals surface area contributed by atoms with Crippen LogP contribution in [-0.4, -0.2) is 41.0 Å².